The molecule has 1 aliphatic rings. The van der Waals surface area contributed by atoms with E-state index >= 15 is 0 Å². The average Bonchev–Trinajstić information content (AvgIpc) is 2.91. The summed E-state index contributed by atoms with van der Waals surface area (Å²) in [6.07, 6.45) is 50.9. The van der Waals surface area contributed by atoms with Crippen LogP contribution in [0.5, 0.6) is 0 Å². The highest BCUT2D eigenvalue weighted by Gasteiger charge is 2.15. The number of rotatable bonds is 15. The minimum atomic E-state index is 0.432. The van der Waals surface area contributed by atoms with Crippen molar-refractivity contribution in [3.63, 3.8) is 0 Å². The highest BCUT2D eigenvalue weighted by Crippen LogP contribution is 2.21. The molecule has 0 radical (unpaired) electrons. The van der Waals surface area contributed by atoms with E-state index in [0.29, 0.717) is 12.2 Å². The lowest BCUT2D eigenvalue weighted by molar-refractivity contribution is -0.0276. The van der Waals surface area contributed by atoms with Gasteiger partial charge in [-0.1, -0.05) is 133 Å². The molecular formula is C36H64O. The van der Waals surface area contributed by atoms with Crippen molar-refractivity contribution in [1.29, 1.82) is 0 Å². The van der Waals surface area contributed by atoms with Gasteiger partial charge < -0.3 is 4.74 Å². The third-order valence-corrected chi connectivity index (χ3v) is 7.72. The van der Waals surface area contributed by atoms with Crippen LogP contribution in [0.4, 0.5) is 0 Å². The van der Waals surface area contributed by atoms with Gasteiger partial charge in [0.15, 0.2) is 0 Å². The van der Waals surface area contributed by atoms with Crippen LogP contribution in [0.2, 0.25) is 0 Å². The smallest absolute Gasteiger partial charge is 0.0579 e. The molecule has 2 unspecified atom stereocenters. The van der Waals surface area contributed by atoms with Crippen LogP contribution in [0.3, 0.4) is 0 Å². The van der Waals surface area contributed by atoms with Gasteiger partial charge in [-0.2, -0.15) is 0 Å². The molecule has 0 aliphatic carbocycles. The Morgan fingerprint density at radius 3 is 2.00 bits per heavy atom. The zero-order valence-corrected chi connectivity index (χ0v) is 25.2. The van der Waals surface area contributed by atoms with Crippen molar-refractivity contribution in [3.05, 3.63) is 48.6 Å². The molecule has 0 saturated heterocycles. The fraction of sp³-hybridized carbons (Fsp3) is 0.778. The van der Waals surface area contributed by atoms with Crippen molar-refractivity contribution in [2.24, 2.45) is 0 Å². The van der Waals surface area contributed by atoms with Gasteiger partial charge in [0.05, 0.1) is 12.2 Å². The van der Waals surface area contributed by atoms with E-state index in [1.54, 1.807) is 0 Å². The highest BCUT2D eigenvalue weighted by atomic mass is 16.5. The zero-order valence-electron chi connectivity index (χ0n) is 25.2. The minimum Gasteiger partial charge on any atom is -0.375 e. The molecule has 2 atom stereocenters. The van der Waals surface area contributed by atoms with Crippen LogP contribution in [0, 0.1) is 0 Å². The quantitative estimate of drug-likeness (QED) is 0.156. The first-order valence-corrected chi connectivity index (χ1v) is 16.6. The topological polar surface area (TPSA) is 9.23 Å². The number of hydrogen-bond donors (Lipinski definition) is 0. The molecule has 1 heteroatoms. The second kappa shape index (κ2) is 27.9. The number of ether oxygens (including phenoxy) is 1. The van der Waals surface area contributed by atoms with E-state index in [1.165, 1.54) is 128 Å². The Bertz CT molecular complexity index is 569. The summed E-state index contributed by atoms with van der Waals surface area (Å²) < 4.78 is 6.70. The first-order valence-electron chi connectivity index (χ1n) is 16.6. The first kappa shape index (κ1) is 33.9. The van der Waals surface area contributed by atoms with Crippen molar-refractivity contribution in [3.8, 4) is 0 Å². The second-order valence-electron chi connectivity index (χ2n) is 11.3. The predicted octanol–water partition coefficient (Wildman–Crippen LogP) is 12.4. The van der Waals surface area contributed by atoms with Gasteiger partial charge in [-0.05, 0) is 83.5 Å². The largest absolute Gasteiger partial charge is 0.375 e. The lowest BCUT2D eigenvalue weighted by Gasteiger charge is -2.24. The SMILES string of the molecule is CCCCC/C=C\C/C=C\CCCCCCCC1CCCCCCCC/C=C\C/C=C\CCC(CC)O1. The maximum atomic E-state index is 6.70. The van der Waals surface area contributed by atoms with Crippen LogP contribution in [0.25, 0.3) is 0 Å². The number of hydrogen-bond acceptors (Lipinski definition) is 1. The third kappa shape index (κ3) is 23.7. The van der Waals surface area contributed by atoms with Gasteiger partial charge in [0.25, 0.3) is 0 Å². The Morgan fingerprint density at radius 1 is 0.595 bits per heavy atom. The molecule has 1 aliphatic heterocycles. The van der Waals surface area contributed by atoms with Crippen LogP contribution in [0.1, 0.15) is 168 Å². The summed E-state index contributed by atoms with van der Waals surface area (Å²) in [6, 6.07) is 0. The van der Waals surface area contributed by atoms with E-state index < -0.39 is 0 Å². The lowest BCUT2D eigenvalue weighted by atomic mass is 10.0. The molecule has 37 heavy (non-hydrogen) atoms. The van der Waals surface area contributed by atoms with Crippen molar-refractivity contribution in [1.82, 2.24) is 0 Å². The predicted molar refractivity (Wildman–Crippen MR) is 167 cm³/mol. The molecule has 0 aromatic carbocycles. The van der Waals surface area contributed by atoms with E-state index in [0.717, 1.165) is 25.7 Å². The Labute approximate surface area is 233 Å². The van der Waals surface area contributed by atoms with E-state index in [9.17, 15) is 0 Å². The summed E-state index contributed by atoms with van der Waals surface area (Å²) in [4.78, 5) is 0. The van der Waals surface area contributed by atoms with Crippen molar-refractivity contribution in [2.45, 2.75) is 180 Å². The van der Waals surface area contributed by atoms with Crippen molar-refractivity contribution in [2.75, 3.05) is 0 Å². The molecule has 0 amide bonds. The van der Waals surface area contributed by atoms with E-state index in [-0.39, 0.29) is 0 Å². The van der Waals surface area contributed by atoms with Crippen LogP contribution in [-0.4, -0.2) is 12.2 Å². The summed E-state index contributed by atoms with van der Waals surface area (Å²) in [5.41, 5.74) is 0. The van der Waals surface area contributed by atoms with Gasteiger partial charge >= 0.3 is 0 Å². The monoisotopic (exact) mass is 512 g/mol. The van der Waals surface area contributed by atoms with Gasteiger partial charge in [-0.25, -0.2) is 0 Å². The molecule has 0 saturated carbocycles. The van der Waals surface area contributed by atoms with Gasteiger partial charge in [-0.15, -0.1) is 0 Å². The molecule has 0 spiro atoms. The van der Waals surface area contributed by atoms with Crippen LogP contribution >= 0.6 is 0 Å². The summed E-state index contributed by atoms with van der Waals surface area (Å²) in [6.45, 7) is 4.57. The molecule has 0 aromatic heterocycles. The number of unbranched alkanes of at least 4 members (excludes halogenated alkanes) is 8. The first-order chi connectivity index (χ1) is 18.4. The zero-order chi connectivity index (χ0) is 26.5. The average molecular weight is 513 g/mol. The molecule has 0 N–H and O–H groups in total. The molecular weight excluding hydrogens is 448 g/mol. The Hall–Kier alpha value is -1.08. The molecule has 1 heterocycles. The molecule has 0 fully saturated rings. The lowest BCUT2D eigenvalue weighted by Crippen LogP contribution is -2.22. The summed E-state index contributed by atoms with van der Waals surface area (Å²) in [5.74, 6) is 0. The summed E-state index contributed by atoms with van der Waals surface area (Å²) >= 11 is 0. The van der Waals surface area contributed by atoms with Gasteiger partial charge in [-0.3, -0.25) is 0 Å². The second-order valence-corrected chi connectivity index (χ2v) is 11.3. The molecule has 1 nitrogen and oxygen atoms in total. The Morgan fingerprint density at radius 2 is 1.24 bits per heavy atom. The van der Waals surface area contributed by atoms with Crippen molar-refractivity contribution < 1.29 is 4.74 Å². The van der Waals surface area contributed by atoms with Crippen LogP contribution in [0.15, 0.2) is 48.6 Å². The molecule has 1 rings (SSSR count). The fourth-order valence-corrected chi connectivity index (χ4v) is 5.23. The van der Waals surface area contributed by atoms with E-state index in [1.807, 2.05) is 0 Å². The molecule has 0 aromatic rings. The third-order valence-electron chi connectivity index (χ3n) is 7.72. The summed E-state index contributed by atoms with van der Waals surface area (Å²) in [7, 11) is 0. The van der Waals surface area contributed by atoms with Gasteiger partial charge in [0.1, 0.15) is 0 Å². The van der Waals surface area contributed by atoms with E-state index in [4.69, 9.17) is 4.74 Å². The van der Waals surface area contributed by atoms with Crippen LogP contribution < -0.4 is 0 Å². The maximum Gasteiger partial charge on any atom is 0.0579 e. The highest BCUT2D eigenvalue weighted by molar-refractivity contribution is 4.93. The molecule has 0 bridgehead atoms. The van der Waals surface area contributed by atoms with Gasteiger partial charge in [0.2, 0.25) is 0 Å². The van der Waals surface area contributed by atoms with Crippen molar-refractivity contribution >= 4 is 0 Å². The van der Waals surface area contributed by atoms with E-state index in [2.05, 4.69) is 62.5 Å². The Balaban J connectivity index is 2.23. The summed E-state index contributed by atoms with van der Waals surface area (Å²) in [5, 5.41) is 0. The maximum absolute atomic E-state index is 6.70. The standard InChI is InChI=1S/C36H64O/c1-3-5-6-7-8-9-10-11-12-14-18-21-24-27-30-33-36-34-31-28-25-22-19-16-13-15-17-20-23-26-29-32-35(4-2)37-36/h8-9,11-12,15,17,23,26,35-36H,3-7,10,13-14,16,18-22,24-25,27-34H2,1-2H3/b9-8-,12-11-,17-15-,26-23-. The fourth-order valence-electron chi connectivity index (χ4n) is 5.23. The minimum absolute atomic E-state index is 0.432. The number of allylic oxidation sites excluding steroid dienone is 8. The van der Waals surface area contributed by atoms with Crippen LogP contribution in [-0.2, 0) is 4.74 Å². The normalized spacial score (nSPS) is 23.2. The molecule has 214 valence electrons. The Kier molecular flexibility index (Phi) is 25.6. The van der Waals surface area contributed by atoms with Gasteiger partial charge in [0, 0.05) is 0 Å².